The van der Waals surface area contributed by atoms with Crippen LogP contribution in [0, 0.1) is 11.3 Å². The van der Waals surface area contributed by atoms with E-state index in [-0.39, 0.29) is 6.54 Å². The number of halogens is 3. The van der Waals surface area contributed by atoms with Gasteiger partial charge in [-0.05, 0) is 11.8 Å². The van der Waals surface area contributed by atoms with Crippen molar-refractivity contribution < 1.29 is 13.2 Å². The van der Waals surface area contributed by atoms with Crippen LogP contribution < -0.4 is 0 Å². The topological polar surface area (TPSA) is 12.4 Å². The highest BCUT2D eigenvalue weighted by Crippen LogP contribution is 2.40. The van der Waals surface area contributed by atoms with Crippen LogP contribution in [0.2, 0.25) is 0 Å². The van der Waals surface area contributed by atoms with Gasteiger partial charge in [0.15, 0.2) is 0 Å². The summed E-state index contributed by atoms with van der Waals surface area (Å²) in [5, 5.41) is 0. The van der Waals surface area contributed by atoms with Gasteiger partial charge >= 0.3 is 6.18 Å². The van der Waals surface area contributed by atoms with Gasteiger partial charge in [-0.1, -0.05) is 39.3 Å². The summed E-state index contributed by atoms with van der Waals surface area (Å²) in [6.45, 7) is 5.63. The summed E-state index contributed by atoms with van der Waals surface area (Å²) in [6.07, 6.45) is 0.949. The summed E-state index contributed by atoms with van der Waals surface area (Å²) in [6, 6.07) is 0. The van der Waals surface area contributed by atoms with Crippen molar-refractivity contribution in [2.45, 2.75) is 39.8 Å². The van der Waals surface area contributed by atoms with E-state index in [1.807, 2.05) is 19.9 Å². The Morgan fingerprint density at radius 3 is 2.62 bits per heavy atom. The van der Waals surface area contributed by atoms with E-state index in [0.29, 0.717) is 0 Å². The van der Waals surface area contributed by atoms with E-state index in [1.165, 1.54) is 0 Å². The summed E-state index contributed by atoms with van der Waals surface area (Å²) >= 11 is 0. The summed E-state index contributed by atoms with van der Waals surface area (Å²) in [4.78, 5) is 3.66. The molecular weight excluding hydrogens is 215 g/mol. The highest BCUT2D eigenvalue weighted by molar-refractivity contribution is 5.92. The molecule has 1 nitrogen and oxygen atoms in total. The summed E-state index contributed by atoms with van der Waals surface area (Å²) in [5.74, 6) is -0.578. The number of allylic oxidation sites excluding steroid dienone is 1. The minimum absolute atomic E-state index is 0.137. The number of hydrogen-bond donors (Lipinski definition) is 0. The molecule has 2 unspecified atom stereocenters. The Bertz CT molecular complexity index is 304. The molecule has 4 heteroatoms. The maximum Gasteiger partial charge on any atom is 0.429 e. The van der Waals surface area contributed by atoms with E-state index in [4.69, 9.17) is 0 Å². The van der Waals surface area contributed by atoms with E-state index < -0.39 is 23.2 Å². The molecule has 92 valence electrons. The second-order valence-corrected chi connectivity index (χ2v) is 4.60. The van der Waals surface area contributed by atoms with Gasteiger partial charge in [0.1, 0.15) is 5.71 Å². The van der Waals surface area contributed by atoms with Crippen LogP contribution in [0.4, 0.5) is 13.2 Å². The first-order chi connectivity index (χ1) is 7.31. The third-order valence-electron chi connectivity index (χ3n) is 3.34. The molecule has 16 heavy (non-hydrogen) atoms. The molecule has 1 rings (SSSR count). The number of nitrogens with zero attached hydrogens (tertiary/aromatic N) is 1. The molecule has 0 saturated heterocycles. The van der Waals surface area contributed by atoms with E-state index in [2.05, 4.69) is 4.99 Å². The lowest BCUT2D eigenvalue weighted by Crippen LogP contribution is -2.37. The molecule has 0 bridgehead atoms. The standard InChI is InChI=1S/C12H18F3N/c1-4-6-11(3)7-5-8-16-10(9(11)2)12(13,14)15/h5,7,9H,4,6,8H2,1-3H3. The minimum Gasteiger partial charge on any atom is -0.280 e. The van der Waals surface area contributed by atoms with E-state index >= 15 is 0 Å². The molecule has 0 aromatic carbocycles. The van der Waals surface area contributed by atoms with Crippen LogP contribution in [0.15, 0.2) is 17.1 Å². The molecule has 0 fully saturated rings. The van der Waals surface area contributed by atoms with Crippen molar-refractivity contribution in [3.63, 3.8) is 0 Å². The zero-order valence-corrected chi connectivity index (χ0v) is 9.93. The van der Waals surface area contributed by atoms with Crippen molar-refractivity contribution in [2.24, 2.45) is 16.3 Å². The molecule has 0 saturated carbocycles. The van der Waals surface area contributed by atoms with Gasteiger partial charge in [-0.2, -0.15) is 13.2 Å². The van der Waals surface area contributed by atoms with Crippen molar-refractivity contribution in [3.05, 3.63) is 12.2 Å². The summed E-state index contributed by atoms with van der Waals surface area (Å²) < 4.78 is 38.4. The smallest absolute Gasteiger partial charge is 0.280 e. The summed E-state index contributed by atoms with van der Waals surface area (Å²) in [7, 11) is 0. The van der Waals surface area contributed by atoms with Crippen LogP contribution in [0.1, 0.15) is 33.6 Å². The lowest BCUT2D eigenvalue weighted by molar-refractivity contribution is -0.0649. The maximum absolute atomic E-state index is 12.8. The van der Waals surface area contributed by atoms with Gasteiger partial charge in [0.2, 0.25) is 0 Å². The third-order valence-corrected chi connectivity index (χ3v) is 3.34. The fourth-order valence-corrected chi connectivity index (χ4v) is 2.24. The number of rotatable bonds is 2. The van der Waals surface area contributed by atoms with Crippen molar-refractivity contribution in [2.75, 3.05) is 6.54 Å². The Kier molecular flexibility index (Phi) is 3.81. The minimum atomic E-state index is -4.31. The van der Waals surface area contributed by atoms with Crippen molar-refractivity contribution in [1.29, 1.82) is 0 Å². The first-order valence-corrected chi connectivity index (χ1v) is 5.60. The highest BCUT2D eigenvalue weighted by atomic mass is 19.4. The quantitative estimate of drug-likeness (QED) is 0.639. The SMILES string of the molecule is CCCC1(C)C=CCN=C(C(F)(F)F)C1C. The van der Waals surface area contributed by atoms with Crippen molar-refractivity contribution in [1.82, 2.24) is 0 Å². The molecule has 2 atom stereocenters. The van der Waals surface area contributed by atoms with Crippen LogP contribution in [-0.4, -0.2) is 18.4 Å². The largest absolute Gasteiger partial charge is 0.429 e. The van der Waals surface area contributed by atoms with Crippen LogP contribution in [0.3, 0.4) is 0 Å². The van der Waals surface area contributed by atoms with Crippen LogP contribution >= 0.6 is 0 Å². The van der Waals surface area contributed by atoms with E-state index in [9.17, 15) is 13.2 Å². The zero-order chi connectivity index (χ0) is 12.4. The monoisotopic (exact) mass is 233 g/mol. The van der Waals surface area contributed by atoms with Gasteiger partial charge in [0.05, 0.1) is 6.54 Å². The van der Waals surface area contributed by atoms with Crippen molar-refractivity contribution >= 4 is 5.71 Å². The van der Waals surface area contributed by atoms with Crippen LogP contribution in [-0.2, 0) is 0 Å². The fraction of sp³-hybridized carbons (Fsp3) is 0.750. The zero-order valence-electron chi connectivity index (χ0n) is 9.93. The number of alkyl halides is 3. The second-order valence-electron chi connectivity index (χ2n) is 4.60. The number of aliphatic imine (C=N–C) groups is 1. The Labute approximate surface area is 94.5 Å². The lowest BCUT2D eigenvalue weighted by Gasteiger charge is -2.33. The Hall–Kier alpha value is -0.800. The lowest BCUT2D eigenvalue weighted by atomic mass is 9.72. The second kappa shape index (κ2) is 4.60. The molecule has 0 aliphatic carbocycles. The molecule has 0 amide bonds. The van der Waals surface area contributed by atoms with Gasteiger partial charge in [-0.3, -0.25) is 4.99 Å². The summed E-state index contributed by atoms with van der Waals surface area (Å²) in [5.41, 5.74) is -1.05. The molecule has 0 spiro atoms. The van der Waals surface area contributed by atoms with Crippen molar-refractivity contribution in [3.8, 4) is 0 Å². The molecule has 1 aliphatic rings. The molecular formula is C12H18F3N. The predicted molar refractivity (Wildman–Crippen MR) is 59.7 cm³/mol. The Morgan fingerprint density at radius 2 is 2.12 bits per heavy atom. The van der Waals surface area contributed by atoms with Gasteiger partial charge in [-0.15, -0.1) is 0 Å². The molecule has 0 N–H and O–H groups in total. The molecule has 1 aliphatic heterocycles. The fourth-order valence-electron chi connectivity index (χ4n) is 2.24. The van der Waals surface area contributed by atoms with Gasteiger partial charge in [0.25, 0.3) is 0 Å². The predicted octanol–water partition coefficient (Wildman–Crippen LogP) is 4.00. The molecule has 0 radical (unpaired) electrons. The highest BCUT2D eigenvalue weighted by Gasteiger charge is 2.45. The third kappa shape index (κ3) is 2.66. The molecule has 0 aromatic heterocycles. The van der Waals surface area contributed by atoms with Gasteiger partial charge < -0.3 is 0 Å². The maximum atomic E-state index is 12.8. The Morgan fingerprint density at radius 1 is 1.50 bits per heavy atom. The average molecular weight is 233 g/mol. The van der Waals surface area contributed by atoms with Gasteiger partial charge in [0, 0.05) is 5.92 Å². The molecule has 0 aromatic rings. The van der Waals surface area contributed by atoms with E-state index in [0.717, 1.165) is 12.8 Å². The average Bonchev–Trinajstić information content (AvgIpc) is 2.27. The van der Waals surface area contributed by atoms with Crippen LogP contribution in [0.25, 0.3) is 0 Å². The van der Waals surface area contributed by atoms with E-state index in [1.54, 1.807) is 13.0 Å². The van der Waals surface area contributed by atoms with Crippen LogP contribution in [0.5, 0.6) is 0 Å². The number of hydrogen-bond acceptors (Lipinski definition) is 1. The normalized spacial score (nSPS) is 31.1. The first kappa shape index (κ1) is 13.3. The Balaban J connectivity index is 3.05. The molecule has 1 heterocycles. The first-order valence-electron chi connectivity index (χ1n) is 5.60. The van der Waals surface area contributed by atoms with Gasteiger partial charge in [-0.25, -0.2) is 0 Å².